The summed E-state index contributed by atoms with van der Waals surface area (Å²) < 4.78 is 21.4. The van der Waals surface area contributed by atoms with E-state index in [9.17, 15) is 53.7 Å². The van der Waals surface area contributed by atoms with Gasteiger partial charge in [-0.3, -0.25) is 24.0 Å². The van der Waals surface area contributed by atoms with Gasteiger partial charge in [-0.15, -0.1) is 0 Å². The van der Waals surface area contributed by atoms with Gasteiger partial charge in [-0.05, 0) is 51.9 Å². The SMILES string of the molecule is CC(=O)CC[C@H](NC(=O)CCC(NC(=O)COCCOCCNC(=O)COCCOCCCC[C@@H](CO)NC(=O)CCCCCCCCCCCCCCC(=O)O)C(=O)O)C(=O)O. The van der Waals surface area contributed by atoms with E-state index in [1.165, 1.54) is 45.4 Å². The third-order valence-electron chi connectivity index (χ3n) is 9.71. The Morgan fingerprint density at radius 1 is 0.444 bits per heavy atom. The number of aliphatic carboxylic acids is 3. The molecule has 1 unspecified atom stereocenters. The lowest BCUT2D eigenvalue weighted by Gasteiger charge is -2.16. The Morgan fingerprint density at radius 3 is 1.43 bits per heavy atom. The van der Waals surface area contributed by atoms with Crippen LogP contribution in [0.2, 0.25) is 0 Å². The predicted molar refractivity (Wildman–Crippen MR) is 230 cm³/mol. The zero-order chi connectivity index (χ0) is 46.9. The van der Waals surface area contributed by atoms with Crippen LogP contribution < -0.4 is 21.3 Å². The number of unbranched alkanes of at least 4 members (excludes halogenated alkanes) is 12. The molecule has 63 heavy (non-hydrogen) atoms. The van der Waals surface area contributed by atoms with Crippen molar-refractivity contribution in [1.29, 1.82) is 0 Å². The van der Waals surface area contributed by atoms with E-state index in [0.29, 0.717) is 26.1 Å². The highest BCUT2D eigenvalue weighted by atomic mass is 16.5. The second-order valence-corrected chi connectivity index (χ2v) is 15.5. The van der Waals surface area contributed by atoms with Crippen LogP contribution in [0.5, 0.6) is 0 Å². The van der Waals surface area contributed by atoms with Crippen LogP contribution in [-0.2, 0) is 57.3 Å². The fraction of sp³-hybridized carbons (Fsp3) is 0.814. The Labute approximate surface area is 371 Å². The highest BCUT2D eigenvalue weighted by Crippen LogP contribution is 2.13. The quantitative estimate of drug-likeness (QED) is 0.0408. The summed E-state index contributed by atoms with van der Waals surface area (Å²) >= 11 is 0. The molecule has 364 valence electrons. The number of rotatable bonds is 45. The fourth-order valence-corrected chi connectivity index (χ4v) is 6.16. The maximum Gasteiger partial charge on any atom is 0.326 e. The number of carbonyl (C=O) groups is 8. The molecule has 20 heteroatoms. The Morgan fingerprint density at radius 2 is 0.905 bits per heavy atom. The molecular weight excluding hydrogens is 828 g/mol. The van der Waals surface area contributed by atoms with E-state index in [1.54, 1.807) is 0 Å². The van der Waals surface area contributed by atoms with Crippen molar-refractivity contribution >= 4 is 47.3 Å². The van der Waals surface area contributed by atoms with Crippen molar-refractivity contribution in [2.24, 2.45) is 0 Å². The Bertz CT molecular complexity index is 1300. The molecule has 0 rings (SSSR count). The van der Waals surface area contributed by atoms with Crippen molar-refractivity contribution in [3.05, 3.63) is 0 Å². The standard InChI is InChI=1S/C43H76N4O16/c1-33(49)19-20-35(42(56)57)46-38(51)22-21-36(43(58)59)47-40(53)32-63-29-27-61-25-23-44-39(52)31-62-28-26-60-24-15-14-16-34(30-48)45-37(50)17-12-10-8-6-4-2-3-5-7-9-11-13-18-41(54)55/h34-36,48H,2-32H2,1H3,(H,44,52)(H,45,50)(H,46,51)(H,47,53)(H,54,55)(H,56,57)(H,58,59)/t34-,35-,36?/m0/s1. The van der Waals surface area contributed by atoms with Gasteiger partial charge in [0, 0.05) is 38.8 Å². The van der Waals surface area contributed by atoms with Crippen molar-refractivity contribution in [3.8, 4) is 0 Å². The minimum atomic E-state index is -1.42. The minimum Gasteiger partial charge on any atom is -0.481 e. The molecule has 0 saturated carbocycles. The molecule has 8 N–H and O–H groups in total. The van der Waals surface area contributed by atoms with Gasteiger partial charge in [0.25, 0.3) is 0 Å². The lowest BCUT2D eigenvalue weighted by Crippen LogP contribution is -2.45. The first-order chi connectivity index (χ1) is 30.2. The lowest BCUT2D eigenvalue weighted by molar-refractivity contribution is -0.144. The van der Waals surface area contributed by atoms with Gasteiger partial charge >= 0.3 is 17.9 Å². The molecule has 0 aliphatic carbocycles. The number of Topliss-reactive ketones (excluding diaryl/α,β-unsaturated/α-hetero) is 1. The maximum absolute atomic E-state index is 12.3. The number of amides is 4. The number of nitrogens with one attached hydrogen (secondary N) is 4. The van der Waals surface area contributed by atoms with Gasteiger partial charge < -0.3 is 65.4 Å². The maximum atomic E-state index is 12.3. The van der Waals surface area contributed by atoms with Gasteiger partial charge in [0.05, 0.1) is 45.7 Å². The van der Waals surface area contributed by atoms with Crippen LogP contribution in [0, 0.1) is 0 Å². The number of hydrogen-bond acceptors (Lipinski definition) is 13. The molecule has 0 heterocycles. The van der Waals surface area contributed by atoms with Gasteiger partial charge in [-0.1, -0.05) is 64.2 Å². The zero-order valence-corrected chi connectivity index (χ0v) is 37.3. The van der Waals surface area contributed by atoms with Gasteiger partial charge in [0.2, 0.25) is 23.6 Å². The van der Waals surface area contributed by atoms with Crippen LogP contribution in [0.3, 0.4) is 0 Å². The molecule has 0 aliphatic rings. The summed E-state index contributed by atoms with van der Waals surface area (Å²) in [5, 5.41) is 46.9. The van der Waals surface area contributed by atoms with Crippen molar-refractivity contribution < 1.29 is 77.7 Å². The van der Waals surface area contributed by atoms with Crippen molar-refractivity contribution in [1.82, 2.24) is 21.3 Å². The van der Waals surface area contributed by atoms with E-state index >= 15 is 0 Å². The monoisotopic (exact) mass is 905 g/mol. The van der Waals surface area contributed by atoms with Crippen LogP contribution in [0.15, 0.2) is 0 Å². The normalized spacial score (nSPS) is 12.5. The first-order valence-corrected chi connectivity index (χ1v) is 22.5. The molecule has 0 aliphatic heterocycles. The van der Waals surface area contributed by atoms with Crippen LogP contribution in [0.1, 0.15) is 142 Å². The lowest BCUT2D eigenvalue weighted by atomic mass is 10.0. The summed E-state index contributed by atoms with van der Waals surface area (Å²) in [5.74, 6) is -5.53. The summed E-state index contributed by atoms with van der Waals surface area (Å²) in [5.41, 5.74) is 0. The first kappa shape index (κ1) is 58.8. The molecule has 20 nitrogen and oxygen atoms in total. The Balaban J connectivity index is 3.76. The second kappa shape index (κ2) is 40.5. The number of carboxylic acids is 3. The summed E-state index contributed by atoms with van der Waals surface area (Å²) in [7, 11) is 0. The number of carboxylic acid groups (broad SMARTS) is 3. The smallest absolute Gasteiger partial charge is 0.326 e. The molecule has 4 amide bonds. The molecule has 0 fully saturated rings. The number of aliphatic hydroxyl groups excluding tert-OH is 1. The number of carbonyl (C=O) groups excluding carboxylic acids is 5. The molecule has 0 aromatic carbocycles. The predicted octanol–water partition coefficient (Wildman–Crippen LogP) is 2.65. The van der Waals surface area contributed by atoms with Gasteiger partial charge in [0.15, 0.2) is 0 Å². The zero-order valence-electron chi connectivity index (χ0n) is 37.3. The Kier molecular flexibility index (Phi) is 37.8. The van der Waals surface area contributed by atoms with Crippen molar-refractivity contribution in [2.45, 2.75) is 160 Å². The van der Waals surface area contributed by atoms with Gasteiger partial charge in [-0.2, -0.15) is 0 Å². The molecule has 0 spiro atoms. The van der Waals surface area contributed by atoms with Crippen LogP contribution in [0.25, 0.3) is 0 Å². The molecular formula is C43H76N4O16. The van der Waals surface area contributed by atoms with E-state index in [1.807, 2.05) is 0 Å². The number of hydrogen-bond donors (Lipinski definition) is 8. The molecule has 3 atom stereocenters. The molecule has 0 radical (unpaired) electrons. The number of aliphatic hydroxyl groups is 1. The van der Waals surface area contributed by atoms with E-state index in [4.69, 9.17) is 24.1 Å². The summed E-state index contributed by atoms with van der Waals surface area (Å²) in [6.07, 6.45) is 15.1. The summed E-state index contributed by atoms with van der Waals surface area (Å²) in [4.78, 5) is 93.0. The summed E-state index contributed by atoms with van der Waals surface area (Å²) in [6, 6.07) is -3.00. The van der Waals surface area contributed by atoms with Crippen molar-refractivity contribution in [2.75, 3.05) is 66.0 Å². The van der Waals surface area contributed by atoms with Gasteiger partial charge in [0.1, 0.15) is 31.1 Å². The first-order valence-electron chi connectivity index (χ1n) is 22.5. The largest absolute Gasteiger partial charge is 0.481 e. The fourth-order valence-electron chi connectivity index (χ4n) is 6.16. The van der Waals surface area contributed by atoms with E-state index in [0.717, 1.165) is 51.4 Å². The molecule has 0 bridgehead atoms. The van der Waals surface area contributed by atoms with E-state index in [-0.39, 0.29) is 102 Å². The van der Waals surface area contributed by atoms with E-state index < -0.39 is 48.4 Å². The average molecular weight is 905 g/mol. The van der Waals surface area contributed by atoms with Crippen molar-refractivity contribution in [3.63, 3.8) is 0 Å². The average Bonchev–Trinajstić information content (AvgIpc) is 3.23. The van der Waals surface area contributed by atoms with E-state index in [2.05, 4.69) is 21.3 Å². The third-order valence-corrected chi connectivity index (χ3v) is 9.71. The number of ether oxygens (including phenoxy) is 4. The van der Waals surface area contributed by atoms with Crippen LogP contribution in [-0.4, -0.2) is 152 Å². The molecule has 0 aromatic heterocycles. The highest BCUT2D eigenvalue weighted by Gasteiger charge is 2.24. The molecule has 0 aromatic rings. The Hall–Kier alpha value is -4.24. The third kappa shape index (κ3) is 39.1. The molecule has 0 saturated heterocycles. The highest BCUT2D eigenvalue weighted by molar-refractivity contribution is 5.86. The minimum absolute atomic E-state index is 0.00562. The van der Waals surface area contributed by atoms with Crippen LogP contribution in [0.4, 0.5) is 0 Å². The van der Waals surface area contributed by atoms with Gasteiger partial charge in [-0.25, -0.2) is 9.59 Å². The topological polar surface area (TPSA) is 303 Å². The summed E-state index contributed by atoms with van der Waals surface area (Å²) in [6.45, 7) is 2.01. The van der Waals surface area contributed by atoms with Crippen LogP contribution >= 0.6 is 0 Å². The second-order valence-electron chi connectivity index (χ2n) is 15.5. The number of ketones is 1.